The van der Waals surface area contributed by atoms with Gasteiger partial charge in [0.1, 0.15) is 5.75 Å². The number of hydrogen-bond donors (Lipinski definition) is 1. The van der Waals surface area contributed by atoms with E-state index in [9.17, 15) is 5.11 Å². The molecule has 1 fully saturated rings. The summed E-state index contributed by atoms with van der Waals surface area (Å²) in [6.45, 7) is 3.55. The highest BCUT2D eigenvalue weighted by atomic mass is 79.9. The monoisotopic (exact) mass is 326 g/mol. The minimum Gasteiger partial charge on any atom is -0.493 e. The summed E-state index contributed by atoms with van der Waals surface area (Å²) in [6, 6.07) is 4.17. The van der Waals surface area contributed by atoms with Gasteiger partial charge >= 0.3 is 0 Å². The second kappa shape index (κ2) is 5.43. The van der Waals surface area contributed by atoms with Crippen LogP contribution in [0.2, 0.25) is 0 Å². The number of rotatable bonds is 3. The Hall–Kier alpha value is -0.580. The van der Waals surface area contributed by atoms with Crippen LogP contribution in [0.1, 0.15) is 24.5 Å². The van der Waals surface area contributed by atoms with Gasteiger partial charge in [-0.2, -0.15) is 0 Å². The van der Waals surface area contributed by atoms with E-state index in [-0.39, 0.29) is 18.1 Å². The van der Waals surface area contributed by atoms with Gasteiger partial charge in [0.05, 0.1) is 18.8 Å². The predicted octanol–water partition coefficient (Wildman–Crippen LogP) is 2.71. The van der Waals surface area contributed by atoms with E-state index >= 15 is 0 Å². The maximum absolute atomic E-state index is 10.4. The molecule has 0 amide bonds. The number of ether oxygens (including phenoxy) is 2. The van der Waals surface area contributed by atoms with E-state index < -0.39 is 0 Å². The van der Waals surface area contributed by atoms with Crippen LogP contribution in [-0.4, -0.2) is 30.5 Å². The summed E-state index contributed by atoms with van der Waals surface area (Å²) in [4.78, 5) is 0. The average Bonchev–Trinajstić information content (AvgIpc) is 2.97. The van der Waals surface area contributed by atoms with Crippen molar-refractivity contribution >= 4 is 15.9 Å². The zero-order chi connectivity index (χ0) is 13.4. The van der Waals surface area contributed by atoms with E-state index in [1.807, 2.05) is 6.92 Å². The Morgan fingerprint density at radius 2 is 2.26 bits per heavy atom. The van der Waals surface area contributed by atoms with Crippen LogP contribution in [0.15, 0.2) is 16.6 Å². The van der Waals surface area contributed by atoms with Crippen LogP contribution in [0.25, 0.3) is 0 Å². The lowest BCUT2D eigenvalue weighted by molar-refractivity contribution is 0.0438. The van der Waals surface area contributed by atoms with E-state index in [2.05, 4.69) is 28.1 Å². The Bertz CT molecular complexity index is 475. The number of benzene rings is 1. The van der Waals surface area contributed by atoms with Gasteiger partial charge in [0.2, 0.25) is 0 Å². The topological polar surface area (TPSA) is 38.7 Å². The van der Waals surface area contributed by atoms with Gasteiger partial charge in [0.15, 0.2) is 0 Å². The normalized spacial score (nSPS) is 27.1. The van der Waals surface area contributed by atoms with Gasteiger partial charge in [0, 0.05) is 29.8 Å². The maximum Gasteiger partial charge on any atom is 0.125 e. The molecule has 1 aromatic carbocycles. The molecule has 0 aliphatic carbocycles. The molecule has 3 rings (SSSR count). The molecular weight excluding hydrogens is 308 g/mol. The molecule has 3 nitrogen and oxygen atoms in total. The fourth-order valence-electron chi connectivity index (χ4n) is 3.13. The standard InChI is InChI=1S/C15H19BrO3/c1-9-13(3-5-18-9)14(17)8-11-7-12(16)6-10-2-4-19-15(10)11/h6-7,9,13-14,17H,2-5,8H2,1H3. The first kappa shape index (κ1) is 13.4. The van der Waals surface area contributed by atoms with E-state index in [4.69, 9.17) is 9.47 Å². The van der Waals surface area contributed by atoms with E-state index in [0.717, 1.165) is 41.8 Å². The molecule has 2 aliphatic heterocycles. The predicted molar refractivity (Wildman–Crippen MR) is 76.6 cm³/mol. The quantitative estimate of drug-likeness (QED) is 0.928. The van der Waals surface area contributed by atoms with Crippen molar-refractivity contribution in [2.45, 2.75) is 38.4 Å². The lowest BCUT2D eigenvalue weighted by Crippen LogP contribution is -2.28. The third-order valence-electron chi connectivity index (χ3n) is 4.18. The molecule has 3 atom stereocenters. The smallest absolute Gasteiger partial charge is 0.125 e. The van der Waals surface area contributed by atoms with Gasteiger partial charge in [-0.25, -0.2) is 0 Å². The molecule has 0 spiro atoms. The summed E-state index contributed by atoms with van der Waals surface area (Å²) >= 11 is 3.54. The molecule has 19 heavy (non-hydrogen) atoms. The Kier molecular flexibility index (Phi) is 3.83. The Labute approximate surface area is 122 Å². The molecule has 2 aliphatic rings. The fraction of sp³-hybridized carbons (Fsp3) is 0.600. The van der Waals surface area contributed by atoms with Crippen LogP contribution in [0, 0.1) is 5.92 Å². The molecule has 0 aromatic heterocycles. The lowest BCUT2D eigenvalue weighted by atomic mass is 9.90. The van der Waals surface area contributed by atoms with Crippen molar-refractivity contribution in [2.24, 2.45) is 5.92 Å². The first-order valence-electron chi connectivity index (χ1n) is 6.89. The van der Waals surface area contributed by atoms with E-state index in [1.165, 1.54) is 5.56 Å². The summed E-state index contributed by atoms with van der Waals surface area (Å²) in [5, 5.41) is 10.4. The van der Waals surface area contributed by atoms with Crippen LogP contribution < -0.4 is 4.74 Å². The van der Waals surface area contributed by atoms with Crippen LogP contribution in [-0.2, 0) is 17.6 Å². The zero-order valence-corrected chi connectivity index (χ0v) is 12.6. The minimum atomic E-state index is -0.361. The SMILES string of the molecule is CC1OCCC1C(O)Cc1cc(Br)cc2c1OCC2. The first-order valence-corrected chi connectivity index (χ1v) is 7.68. The first-order chi connectivity index (χ1) is 9.15. The molecule has 0 saturated carbocycles. The third kappa shape index (κ3) is 2.67. The lowest BCUT2D eigenvalue weighted by Gasteiger charge is -2.22. The average molecular weight is 327 g/mol. The zero-order valence-electron chi connectivity index (χ0n) is 11.1. The van der Waals surface area contributed by atoms with Gasteiger partial charge in [-0.3, -0.25) is 0 Å². The van der Waals surface area contributed by atoms with Gasteiger partial charge in [-0.15, -0.1) is 0 Å². The van der Waals surface area contributed by atoms with Crippen LogP contribution in [0.5, 0.6) is 5.75 Å². The van der Waals surface area contributed by atoms with Crippen LogP contribution in [0.4, 0.5) is 0 Å². The van der Waals surface area contributed by atoms with Gasteiger partial charge < -0.3 is 14.6 Å². The fourth-order valence-corrected chi connectivity index (χ4v) is 3.68. The Morgan fingerprint density at radius 3 is 3.00 bits per heavy atom. The number of aliphatic hydroxyl groups is 1. The summed E-state index contributed by atoms with van der Waals surface area (Å²) in [6.07, 6.45) is 2.33. The van der Waals surface area contributed by atoms with Crippen molar-refractivity contribution in [3.63, 3.8) is 0 Å². The van der Waals surface area contributed by atoms with Crippen molar-refractivity contribution in [3.8, 4) is 5.75 Å². The number of hydrogen-bond acceptors (Lipinski definition) is 3. The highest BCUT2D eigenvalue weighted by Gasteiger charge is 2.31. The Morgan fingerprint density at radius 1 is 1.42 bits per heavy atom. The van der Waals surface area contributed by atoms with Gasteiger partial charge in [0.25, 0.3) is 0 Å². The largest absolute Gasteiger partial charge is 0.493 e. The maximum atomic E-state index is 10.4. The van der Waals surface area contributed by atoms with E-state index in [1.54, 1.807) is 0 Å². The summed E-state index contributed by atoms with van der Waals surface area (Å²) in [5.74, 6) is 1.21. The van der Waals surface area contributed by atoms with Gasteiger partial charge in [-0.1, -0.05) is 15.9 Å². The third-order valence-corrected chi connectivity index (χ3v) is 4.64. The second-order valence-electron chi connectivity index (χ2n) is 5.45. The van der Waals surface area contributed by atoms with Crippen molar-refractivity contribution in [3.05, 3.63) is 27.7 Å². The minimum absolute atomic E-state index is 0.149. The second-order valence-corrected chi connectivity index (χ2v) is 6.37. The van der Waals surface area contributed by atoms with E-state index in [0.29, 0.717) is 6.42 Å². The summed E-state index contributed by atoms with van der Waals surface area (Å²) in [5.41, 5.74) is 2.35. The summed E-state index contributed by atoms with van der Waals surface area (Å²) in [7, 11) is 0. The molecule has 1 aromatic rings. The number of fused-ring (bicyclic) bond motifs is 1. The van der Waals surface area contributed by atoms with Crippen LogP contribution in [0.3, 0.4) is 0 Å². The number of halogens is 1. The summed E-state index contributed by atoms with van der Waals surface area (Å²) < 4.78 is 12.3. The molecule has 0 radical (unpaired) electrons. The molecule has 2 heterocycles. The highest BCUT2D eigenvalue weighted by molar-refractivity contribution is 9.10. The number of aliphatic hydroxyl groups excluding tert-OH is 1. The molecule has 104 valence electrons. The Balaban J connectivity index is 1.79. The van der Waals surface area contributed by atoms with Crippen molar-refractivity contribution in [1.29, 1.82) is 0 Å². The molecule has 0 bridgehead atoms. The van der Waals surface area contributed by atoms with Crippen molar-refractivity contribution < 1.29 is 14.6 Å². The molecule has 4 heteroatoms. The van der Waals surface area contributed by atoms with Gasteiger partial charge in [-0.05, 0) is 36.6 Å². The molecule has 1 saturated heterocycles. The van der Waals surface area contributed by atoms with Crippen molar-refractivity contribution in [2.75, 3.05) is 13.2 Å². The molecule has 1 N–H and O–H groups in total. The molecular formula is C15H19BrO3. The highest BCUT2D eigenvalue weighted by Crippen LogP contribution is 2.35. The van der Waals surface area contributed by atoms with Crippen LogP contribution >= 0.6 is 15.9 Å². The molecule has 3 unspecified atom stereocenters. The van der Waals surface area contributed by atoms with Crippen molar-refractivity contribution in [1.82, 2.24) is 0 Å².